The van der Waals surface area contributed by atoms with Crippen LogP contribution < -0.4 is 5.32 Å². The minimum Gasteiger partial charge on any atom is -0.336 e. The molecular formula is C16H16BrN3S. The Labute approximate surface area is 136 Å². The first-order chi connectivity index (χ1) is 10.2. The van der Waals surface area contributed by atoms with Gasteiger partial charge in [-0.25, -0.2) is 4.98 Å². The average molecular weight is 362 g/mol. The lowest BCUT2D eigenvalue weighted by molar-refractivity contribution is 0.559. The number of aromatic nitrogens is 2. The van der Waals surface area contributed by atoms with Crippen molar-refractivity contribution < 1.29 is 0 Å². The molecule has 1 aromatic carbocycles. The van der Waals surface area contributed by atoms with Crippen molar-refractivity contribution in [3.8, 4) is 0 Å². The number of hydrogen-bond acceptors (Lipinski definition) is 3. The first kappa shape index (κ1) is 14.5. The van der Waals surface area contributed by atoms with E-state index in [-0.39, 0.29) is 6.04 Å². The van der Waals surface area contributed by atoms with Crippen LogP contribution in [0, 0.1) is 0 Å². The number of nitrogens with zero attached hydrogens (tertiary/aromatic N) is 2. The lowest BCUT2D eigenvalue weighted by atomic mass is 10.1. The van der Waals surface area contributed by atoms with E-state index in [9.17, 15) is 0 Å². The highest BCUT2D eigenvalue weighted by atomic mass is 79.9. The van der Waals surface area contributed by atoms with Crippen LogP contribution in [0.4, 0.5) is 0 Å². The number of aryl methyl sites for hydroxylation is 1. The molecule has 21 heavy (non-hydrogen) atoms. The van der Waals surface area contributed by atoms with Crippen LogP contribution in [0.25, 0.3) is 0 Å². The van der Waals surface area contributed by atoms with Crippen LogP contribution in [-0.2, 0) is 13.6 Å². The summed E-state index contributed by atoms with van der Waals surface area (Å²) in [5.41, 5.74) is 2.50. The summed E-state index contributed by atoms with van der Waals surface area (Å²) in [6.07, 6.45) is 3.82. The smallest absolute Gasteiger partial charge is 0.130 e. The second kappa shape index (κ2) is 6.56. The van der Waals surface area contributed by atoms with Gasteiger partial charge in [0.1, 0.15) is 5.82 Å². The Morgan fingerprint density at radius 2 is 2.14 bits per heavy atom. The van der Waals surface area contributed by atoms with E-state index < -0.39 is 0 Å². The van der Waals surface area contributed by atoms with Gasteiger partial charge in [0.25, 0.3) is 0 Å². The van der Waals surface area contributed by atoms with Crippen molar-refractivity contribution >= 4 is 27.3 Å². The second-order valence-electron chi connectivity index (χ2n) is 4.88. The monoisotopic (exact) mass is 361 g/mol. The largest absolute Gasteiger partial charge is 0.336 e. The van der Waals surface area contributed by atoms with Crippen LogP contribution in [-0.4, -0.2) is 9.55 Å². The molecule has 0 unspecified atom stereocenters. The van der Waals surface area contributed by atoms with Gasteiger partial charge in [0, 0.05) is 26.0 Å². The molecule has 2 aromatic heterocycles. The van der Waals surface area contributed by atoms with Gasteiger partial charge >= 0.3 is 0 Å². The van der Waals surface area contributed by atoms with Crippen molar-refractivity contribution in [2.75, 3.05) is 0 Å². The average Bonchev–Trinajstić information content (AvgIpc) is 3.10. The normalized spacial score (nSPS) is 12.5. The number of rotatable bonds is 5. The molecule has 0 aliphatic carbocycles. The Morgan fingerprint density at radius 3 is 2.76 bits per heavy atom. The van der Waals surface area contributed by atoms with E-state index in [2.05, 4.69) is 66.5 Å². The Balaban J connectivity index is 1.84. The maximum Gasteiger partial charge on any atom is 0.130 e. The molecule has 0 saturated carbocycles. The third kappa shape index (κ3) is 3.43. The number of nitrogens with one attached hydrogen (secondary N) is 1. The van der Waals surface area contributed by atoms with E-state index in [1.165, 1.54) is 11.1 Å². The Kier molecular flexibility index (Phi) is 4.53. The molecule has 0 aliphatic heterocycles. The molecular weight excluding hydrogens is 346 g/mol. The molecule has 3 nitrogen and oxygen atoms in total. The van der Waals surface area contributed by atoms with E-state index >= 15 is 0 Å². The van der Waals surface area contributed by atoms with Gasteiger partial charge in [0.15, 0.2) is 0 Å². The van der Waals surface area contributed by atoms with Crippen LogP contribution in [0.2, 0.25) is 0 Å². The molecule has 108 valence electrons. The molecule has 1 N–H and O–H groups in total. The predicted molar refractivity (Wildman–Crippen MR) is 90.4 cm³/mol. The van der Waals surface area contributed by atoms with E-state index in [4.69, 9.17) is 0 Å². The summed E-state index contributed by atoms with van der Waals surface area (Å²) >= 11 is 5.22. The fraction of sp³-hybridized carbons (Fsp3) is 0.188. The summed E-state index contributed by atoms with van der Waals surface area (Å²) < 4.78 is 3.22. The lowest BCUT2D eigenvalue weighted by Gasteiger charge is -2.19. The first-order valence-electron chi connectivity index (χ1n) is 6.72. The second-order valence-corrected chi connectivity index (χ2v) is 7.17. The third-order valence-corrected chi connectivity index (χ3v) is 4.93. The molecule has 0 bridgehead atoms. The minimum absolute atomic E-state index is 0.0878. The fourth-order valence-corrected chi connectivity index (χ4v) is 3.53. The van der Waals surface area contributed by atoms with Crippen LogP contribution in [0.5, 0.6) is 0 Å². The summed E-state index contributed by atoms with van der Waals surface area (Å²) in [5.74, 6) is 1.02. The zero-order valence-electron chi connectivity index (χ0n) is 11.7. The van der Waals surface area contributed by atoms with Crippen molar-refractivity contribution in [3.63, 3.8) is 0 Å². The fourth-order valence-electron chi connectivity index (χ4n) is 2.32. The summed E-state index contributed by atoms with van der Waals surface area (Å²) in [5, 5.41) is 5.78. The topological polar surface area (TPSA) is 29.9 Å². The van der Waals surface area contributed by atoms with Crippen LogP contribution in [0.15, 0.2) is 58.0 Å². The zero-order valence-corrected chi connectivity index (χ0v) is 14.1. The number of imidazole rings is 1. The first-order valence-corrected chi connectivity index (χ1v) is 8.40. The van der Waals surface area contributed by atoms with Gasteiger partial charge in [0.05, 0.1) is 9.83 Å². The number of thiophene rings is 1. The van der Waals surface area contributed by atoms with E-state index in [0.717, 1.165) is 16.2 Å². The highest BCUT2D eigenvalue weighted by molar-refractivity contribution is 9.11. The van der Waals surface area contributed by atoms with Gasteiger partial charge in [-0.1, -0.05) is 30.3 Å². The molecule has 0 radical (unpaired) electrons. The van der Waals surface area contributed by atoms with E-state index in [1.807, 2.05) is 25.5 Å². The standard InChI is InChI=1S/C16H16BrN3S/c1-20-8-7-18-16(20)15(13-5-3-2-4-6-13)19-10-12-9-14(17)21-11-12/h2-9,11,15,19H,10H2,1H3/t15-/m0/s1. The highest BCUT2D eigenvalue weighted by Gasteiger charge is 2.17. The van der Waals surface area contributed by atoms with E-state index in [0.29, 0.717) is 0 Å². The summed E-state index contributed by atoms with van der Waals surface area (Å²) in [6, 6.07) is 12.7. The predicted octanol–water partition coefficient (Wildman–Crippen LogP) is 4.12. The van der Waals surface area contributed by atoms with Gasteiger partial charge in [-0.2, -0.15) is 0 Å². The lowest BCUT2D eigenvalue weighted by Crippen LogP contribution is -2.24. The van der Waals surface area contributed by atoms with Crippen molar-refractivity contribution in [1.82, 2.24) is 14.9 Å². The van der Waals surface area contributed by atoms with Crippen molar-refractivity contribution in [3.05, 3.63) is 74.9 Å². The van der Waals surface area contributed by atoms with Crippen molar-refractivity contribution in [1.29, 1.82) is 0 Å². The number of hydrogen-bond donors (Lipinski definition) is 1. The van der Waals surface area contributed by atoms with Crippen molar-refractivity contribution in [2.45, 2.75) is 12.6 Å². The van der Waals surface area contributed by atoms with Crippen LogP contribution in [0.3, 0.4) is 0 Å². The van der Waals surface area contributed by atoms with Gasteiger partial charge in [0.2, 0.25) is 0 Å². The van der Waals surface area contributed by atoms with Gasteiger partial charge in [-0.3, -0.25) is 5.32 Å². The highest BCUT2D eigenvalue weighted by Crippen LogP contribution is 2.23. The molecule has 1 atom stereocenters. The molecule has 3 aromatic rings. The Morgan fingerprint density at radius 1 is 1.33 bits per heavy atom. The van der Waals surface area contributed by atoms with Gasteiger partial charge in [-0.15, -0.1) is 11.3 Å². The van der Waals surface area contributed by atoms with Crippen LogP contribution >= 0.6 is 27.3 Å². The molecule has 0 spiro atoms. The number of benzene rings is 1. The minimum atomic E-state index is 0.0878. The van der Waals surface area contributed by atoms with Gasteiger partial charge in [-0.05, 0) is 38.5 Å². The summed E-state index contributed by atoms with van der Waals surface area (Å²) in [7, 11) is 2.03. The Bertz CT molecular complexity index is 705. The quantitative estimate of drug-likeness (QED) is 0.740. The Hall–Kier alpha value is -1.43. The van der Waals surface area contributed by atoms with E-state index in [1.54, 1.807) is 11.3 Å². The number of halogens is 1. The molecule has 0 fully saturated rings. The molecule has 3 rings (SSSR count). The molecule has 0 aliphatic rings. The zero-order chi connectivity index (χ0) is 14.7. The third-order valence-electron chi connectivity index (χ3n) is 3.38. The maximum atomic E-state index is 4.50. The molecule has 0 amide bonds. The summed E-state index contributed by atoms with van der Waals surface area (Å²) in [6.45, 7) is 0.814. The van der Waals surface area contributed by atoms with Crippen LogP contribution in [0.1, 0.15) is 23.0 Å². The molecule has 5 heteroatoms. The summed E-state index contributed by atoms with van der Waals surface area (Å²) in [4.78, 5) is 4.50. The molecule has 2 heterocycles. The van der Waals surface area contributed by atoms with Gasteiger partial charge < -0.3 is 4.57 Å². The van der Waals surface area contributed by atoms with Crippen molar-refractivity contribution in [2.24, 2.45) is 7.05 Å². The molecule has 0 saturated heterocycles. The maximum absolute atomic E-state index is 4.50. The SMILES string of the molecule is Cn1ccnc1[C@@H](NCc1csc(Br)c1)c1ccccc1.